The monoisotopic (exact) mass is 682 g/mol. The van der Waals surface area contributed by atoms with Crippen LogP contribution in [0.4, 0.5) is 0 Å². The second kappa shape index (κ2) is 11.2. The molecule has 0 atom stereocenters. The summed E-state index contributed by atoms with van der Waals surface area (Å²) in [5, 5.41) is 19.7. The molecule has 12 aromatic rings. The summed E-state index contributed by atoms with van der Waals surface area (Å²) >= 11 is 0. The van der Waals surface area contributed by atoms with Gasteiger partial charge in [0.05, 0.1) is 16.7 Å². The molecule has 10 aromatic carbocycles. The van der Waals surface area contributed by atoms with Crippen LogP contribution in [0, 0.1) is 0 Å². The van der Waals surface area contributed by atoms with E-state index in [4.69, 9.17) is 9.97 Å². The van der Waals surface area contributed by atoms with Crippen molar-refractivity contribution < 1.29 is 0 Å². The highest BCUT2D eigenvalue weighted by atomic mass is 14.8. The Morgan fingerprint density at radius 2 is 0.778 bits per heavy atom. The number of hydrogen-bond donors (Lipinski definition) is 0. The van der Waals surface area contributed by atoms with E-state index in [1.54, 1.807) is 0 Å². The third kappa shape index (κ3) is 4.11. The minimum atomic E-state index is 0.926. The summed E-state index contributed by atoms with van der Waals surface area (Å²) in [6.45, 7) is 0. The van der Waals surface area contributed by atoms with Gasteiger partial charge in [-0.05, 0) is 105 Å². The van der Waals surface area contributed by atoms with Crippen LogP contribution < -0.4 is 0 Å². The van der Waals surface area contributed by atoms with Crippen LogP contribution in [0.2, 0.25) is 0 Å². The van der Waals surface area contributed by atoms with Gasteiger partial charge in [-0.15, -0.1) is 0 Å². The van der Waals surface area contributed by atoms with Crippen LogP contribution >= 0.6 is 0 Å². The Bertz CT molecular complexity index is 3510. The number of nitrogens with zero attached hydrogens (tertiary/aromatic N) is 2. The molecule has 2 nitrogen and oxygen atoms in total. The van der Waals surface area contributed by atoms with Crippen molar-refractivity contribution in [3.63, 3.8) is 0 Å². The van der Waals surface area contributed by atoms with Crippen molar-refractivity contribution in [2.75, 3.05) is 0 Å². The molecule has 12 rings (SSSR count). The van der Waals surface area contributed by atoms with Crippen molar-refractivity contribution in [1.82, 2.24) is 9.97 Å². The highest BCUT2D eigenvalue weighted by molar-refractivity contribution is 6.33. The smallest absolute Gasteiger partial charge is 0.0972 e. The molecule has 0 fully saturated rings. The van der Waals surface area contributed by atoms with E-state index in [-0.39, 0.29) is 0 Å². The first kappa shape index (κ1) is 29.4. The Labute approximate surface area is 310 Å². The molecule has 0 radical (unpaired) electrons. The molecular formula is C52H30N2. The van der Waals surface area contributed by atoms with Crippen LogP contribution in [0.3, 0.4) is 0 Å². The lowest BCUT2D eigenvalue weighted by atomic mass is 9.85. The predicted octanol–water partition coefficient (Wildman–Crippen LogP) is 14.2. The lowest BCUT2D eigenvalue weighted by molar-refractivity contribution is 1.38. The van der Waals surface area contributed by atoms with Gasteiger partial charge < -0.3 is 0 Å². The van der Waals surface area contributed by atoms with Crippen LogP contribution in [0.1, 0.15) is 0 Å². The van der Waals surface area contributed by atoms with Gasteiger partial charge in [0.25, 0.3) is 0 Å². The molecule has 2 heterocycles. The molecule has 0 aliphatic rings. The van der Waals surface area contributed by atoms with Crippen molar-refractivity contribution in [1.29, 1.82) is 0 Å². The molecule has 54 heavy (non-hydrogen) atoms. The molecule has 0 saturated heterocycles. The van der Waals surface area contributed by atoms with Crippen LogP contribution in [0.5, 0.6) is 0 Å². The molecule has 0 N–H and O–H groups in total. The Morgan fingerprint density at radius 1 is 0.296 bits per heavy atom. The van der Waals surface area contributed by atoms with Gasteiger partial charge in [0.2, 0.25) is 0 Å². The largest absolute Gasteiger partial charge is 0.254 e. The van der Waals surface area contributed by atoms with Crippen molar-refractivity contribution in [2.24, 2.45) is 0 Å². The zero-order chi connectivity index (χ0) is 35.3. The Kier molecular flexibility index (Phi) is 6.09. The van der Waals surface area contributed by atoms with Crippen LogP contribution in [0.15, 0.2) is 182 Å². The van der Waals surface area contributed by atoms with Gasteiger partial charge in [-0.1, -0.05) is 158 Å². The quantitative estimate of drug-likeness (QED) is 0.134. The summed E-state index contributed by atoms with van der Waals surface area (Å²) in [6, 6.07) is 64.6. The minimum Gasteiger partial charge on any atom is -0.254 e. The summed E-state index contributed by atoms with van der Waals surface area (Å²) < 4.78 is 0. The molecule has 2 heteroatoms. The maximum atomic E-state index is 5.37. The number of aromatic nitrogens is 2. The van der Waals surface area contributed by atoms with E-state index in [2.05, 4.69) is 170 Å². The molecule has 0 saturated carbocycles. The fourth-order valence-electron chi connectivity index (χ4n) is 9.29. The number of hydrogen-bond acceptors (Lipinski definition) is 2. The Hall–Kier alpha value is -7.16. The summed E-state index contributed by atoms with van der Waals surface area (Å²) in [5.74, 6) is 0. The first-order valence-electron chi connectivity index (χ1n) is 18.6. The predicted molar refractivity (Wildman–Crippen MR) is 230 cm³/mol. The van der Waals surface area contributed by atoms with Gasteiger partial charge in [-0.25, -0.2) is 4.98 Å². The van der Waals surface area contributed by atoms with Crippen LogP contribution in [0.25, 0.3) is 120 Å². The number of benzene rings is 9. The molecular weight excluding hydrogens is 653 g/mol. The first-order valence-corrected chi connectivity index (χ1v) is 18.6. The third-order valence-electron chi connectivity index (χ3n) is 11.6. The van der Waals surface area contributed by atoms with Gasteiger partial charge in [0.15, 0.2) is 0 Å². The molecule has 0 aliphatic carbocycles. The van der Waals surface area contributed by atoms with Crippen molar-refractivity contribution in [2.45, 2.75) is 0 Å². The molecule has 0 amide bonds. The summed E-state index contributed by atoms with van der Waals surface area (Å²) in [6.07, 6.45) is 1.86. The number of pyridine rings is 2. The number of fused-ring (bicyclic) bond motifs is 10. The van der Waals surface area contributed by atoms with Crippen LogP contribution in [-0.2, 0) is 0 Å². The van der Waals surface area contributed by atoms with Gasteiger partial charge in [0, 0.05) is 22.5 Å². The van der Waals surface area contributed by atoms with E-state index >= 15 is 0 Å². The average molecular weight is 683 g/mol. The van der Waals surface area contributed by atoms with Crippen molar-refractivity contribution in [3.05, 3.63) is 182 Å². The zero-order valence-corrected chi connectivity index (χ0v) is 29.2. The van der Waals surface area contributed by atoms with E-state index in [1.165, 1.54) is 86.5 Å². The van der Waals surface area contributed by atoms with Gasteiger partial charge in [-0.3, -0.25) is 4.98 Å². The molecule has 0 unspecified atom stereocenters. The minimum absolute atomic E-state index is 0.926. The standard InChI is InChI=1S/C52H30N2/c1-2-14-37-36(13-1)39-19-7-10-31-21-22-32-11-8-20-40(49(32)48(31)39)38-27-25-35(30-45(37)38)47-41-15-3-5-17-43(41)50(44-18-6-4-16-42(44)47)46-28-26-34-24-23-33-12-9-29-53-51(33)52(34)54-46/h1-30H. The SMILES string of the molecule is c1cnc2c(c1)ccc1ccc(-c3c4ccccc4c(-c4ccc5c(c4)c4ccccc4c4cccc6ccc7cccc5c7c64)c4ccccc34)nc12. The topological polar surface area (TPSA) is 25.8 Å². The van der Waals surface area contributed by atoms with Gasteiger partial charge in [0.1, 0.15) is 0 Å². The van der Waals surface area contributed by atoms with E-state index in [9.17, 15) is 0 Å². The van der Waals surface area contributed by atoms with Gasteiger partial charge in [-0.2, -0.15) is 0 Å². The molecule has 0 bridgehead atoms. The molecule has 2 aromatic heterocycles. The first-order chi connectivity index (χ1) is 26.8. The van der Waals surface area contributed by atoms with Crippen LogP contribution in [-0.4, -0.2) is 9.97 Å². The normalized spacial score (nSPS) is 12.1. The average Bonchev–Trinajstić information content (AvgIpc) is 3.24. The lowest BCUT2D eigenvalue weighted by Crippen LogP contribution is -1.94. The molecule has 248 valence electrons. The second-order valence-corrected chi connectivity index (χ2v) is 14.4. The fourth-order valence-corrected chi connectivity index (χ4v) is 9.29. The highest BCUT2D eigenvalue weighted by Gasteiger charge is 2.19. The Morgan fingerprint density at radius 3 is 1.43 bits per heavy atom. The molecule has 0 spiro atoms. The maximum absolute atomic E-state index is 5.37. The lowest BCUT2D eigenvalue weighted by Gasteiger charge is -2.18. The highest BCUT2D eigenvalue weighted by Crippen LogP contribution is 2.46. The van der Waals surface area contributed by atoms with E-state index in [0.29, 0.717) is 0 Å². The third-order valence-corrected chi connectivity index (χ3v) is 11.6. The zero-order valence-electron chi connectivity index (χ0n) is 29.2. The maximum Gasteiger partial charge on any atom is 0.0972 e. The van der Waals surface area contributed by atoms with E-state index in [0.717, 1.165) is 33.1 Å². The second-order valence-electron chi connectivity index (χ2n) is 14.4. The van der Waals surface area contributed by atoms with Crippen molar-refractivity contribution in [3.8, 4) is 22.4 Å². The van der Waals surface area contributed by atoms with E-state index < -0.39 is 0 Å². The van der Waals surface area contributed by atoms with Crippen molar-refractivity contribution >= 4 is 97.2 Å². The summed E-state index contributed by atoms with van der Waals surface area (Å²) in [4.78, 5) is 10.1. The van der Waals surface area contributed by atoms with Gasteiger partial charge >= 0.3 is 0 Å². The number of rotatable bonds is 2. The summed E-state index contributed by atoms with van der Waals surface area (Å²) in [5.41, 5.74) is 6.39. The Balaban J connectivity index is 1.21. The molecule has 0 aliphatic heterocycles. The van der Waals surface area contributed by atoms with E-state index in [1.807, 2.05) is 12.3 Å². The summed E-state index contributed by atoms with van der Waals surface area (Å²) in [7, 11) is 0. The fraction of sp³-hybridized carbons (Fsp3) is 0.